The molecule has 0 aliphatic carbocycles. The largest absolute Gasteiger partial charge is 0.494 e. The van der Waals surface area contributed by atoms with Crippen LogP contribution >= 0.6 is 0 Å². The van der Waals surface area contributed by atoms with Crippen molar-refractivity contribution in [3.63, 3.8) is 0 Å². The van der Waals surface area contributed by atoms with Crippen molar-refractivity contribution in [3.8, 4) is 5.75 Å². The van der Waals surface area contributed by atoms with Gasteiger partial charge in [-0.1, -0.05) is 23.8 Å². The second kappa shape index (κ2) is 7.13. The number of allylic oxidation sites excluding steroid dienone is 1. The Labute approximate surface area is 105 Å². The summed E-state index contributed by atoms with van der Waals surface area (Å²) in [4.78, 5) is 2.17. The van der Waals surface area contributed by atoms with Crippen LogP contribution in [0.25, 0.3) is 6.08 Å². The number of nitrogens with zero attached hydrogens (tertiary/aromatic N) is 1. The van der Waals surface area contributed by atoms with Gasteiger partial charge in [0.05, 0.1) is 6.61 Å². The molecule has 94 valence electrons. The lowest BCUT2D eigenvalue weighted by atomic mass is 10.1. The van der Waals surface area contributed by atoms with Gasteiger partial charge in [0.15, 0.2) is 0 Å². The summed E-state index contributed by atoms with van der Waals surface area (Å²) in [6.45, 7) is 6.05. The molecule has 0 N–H and O–H groups in total. The van der Waals surface area contributed by atoms with E-state index in [9.17, 15) is 0 Å². The first-order valence-electron chi connectivity index (χ1n) is 6.10. The number of hydrogen-bond donors (Lipinski definition) is 0. The minimum absolute atomic E-state index is 0.778. The summed E-state index contributed by atoms with van der Waals surface area (Å²) < 4.78 is 5.67. The average molecular weight is 233 g/mol. The van der Waals surface area contributed by atoms with Gasteiger partial charge in [-0.15, -0.1) is 0 Å². The lowest BCUT2D eigenvalue weighted by molar-refractivity contribution is 0.281. The second-order valence-corrected chi connectivity index (χ2v) is 4.80. The number of ether oxygens (including phenoxy) is 1. The Morgan fingerprint density at radius 3 is 2.35 bits per heavy atom. The summed E-state index contributed by atoms with van der Waals surface area (Å²) in [5.74, 6) is 0.953. The van der Waals surface area contributed by atoms with Gasteiger partial charge >= 0.3 is 0 Å². The summed E-state index contributed by atoms with van der Waals surface area (Å²) in [6, 6.07) is 8.25. The molecule has 0 aliphatic rings. The van der Waals surface area contributed by atoms with E-state index in [1.807, 2.05) is 12.1 Å². The smallest absolute Gasteiger partial charge is 0.119 e. The summed E-state index contributed by atoms with van der Waals surface area (Å²) in [7, 11) is 4.16. The van der Waals surface area contributed by atoms with Crippen LogP contribution in [-0.2, 0) is 0 Å². The van der Waals surface area contributed by atoms with Crippen LogP contribution in [-0.4, -0.2) is 32.1 Å². The third-order valence-electron chi connectivity index (χ3n) is 2.35. The van der Waals surface area contributed by atoms with Crippen molar-refractivity contribution < 1.29 is 4.74 Å². The lowest BCUT2D eigenvalue weighted by Crippen LogP contribution is -2.15. The van der Waals surface area contributed by atoms with Crippen molar-refractivity contribution in [1.82, 2.24) is 4.90 Å². The highest BCUT2D eigenvalue weighted by atomic mass is 16.5. The van der Waals surface area contributed by atoms with Gasteiger partial charge in [0.1, 0.15) is 5.75 Å². The molecule has 0 saturated heterocycles. The molecule has 0 fully saturated rings. The first kappa shape index (κ1) is 13.8. The van der Waals surface area contributed by atoms with Crippen molar-refractivity contribution in [2.45, 2.75) is 20.3 Å². The zero-order chi connectivity index (χ0) is 12.7. The van der Waals surface area contributed by atoms with E-state index in [0.29, 0.717) is 0 Å². The number of rotatable bonds is 6. The maximum atomic E-state index is 5.67. The molecule has 0 radical (unpaired) electrons. The summed E-state index contributed by atoms with van der Waals surface area (Å²) in [5.41, 5.74) is 2.54. The first-order chi connectivity index (χ1) is 8.08. The molecule has 0 saturated carbocycles. The van der Waals surface area contributed by atoms with Crippen LogP contribution in [0.1, 0.15) is 25.8 Å². The van der Waals surface area contributed by atoms with Crippen LogP contribution in [0.5, 0.6) is 5.75 Å². The molecule has 0 amide bonds. The molecule has 0 atom stereocenters. The summed E-state index contributed by atoms with van der Waals surface area (Å²) >= 11 is 0. The zero-order valence-corrected chi connectivity index (χ0v) is 11.4. The molecule has 0 bridgehead atoms. The highest BCUT2D eigenvalue weighted by molar-refractivity contribution is 5.52. The maximum Gasteiger partial charge on any atom is 0.119 e. The van der Waals surface area contributed by atoms with Gasteiger partial charge in [-0.25, -0.2) is 0 Å². The van der Waals surface area contributed by atoms with Crippen molar-refractivity contribution in [3.05, 3.63) is 35.4 Å². The second-order valence-electron chi connectivity index (χ2n) is 4.80. The Bertz CT molecular complexity index is 348. The molecule has 17 heavy (non-hydrogen) atoms. The molecule has 0 heterocycles. The van der Waals surface area contributed by atoms with E-state index >= 15 is 0 Å². The van der Waals surface area contributed by atoms with Crippen LogP contribution in [0, 0.1) is 0 Å². The van der Waals surface area contributed by atoms with E-state index in [1.165, 1.54) is 11.1 Å². The Kier molecular flexibility index (Phi) is 5.78. The highest BCUT2D eigenvalue weighted by Gasteiger charge is 1.95. The average Bonchev–Trinajstić information content (AvgIpc) is 2.25. The van der Waals surface area contributed by atoms with Gasteiger partial charge in [0, 0.05) is 6.54 Å². The maximum absolute atomic E-state index is 5.67. The van der Waals surface area contributed by atoms with E-state index in [4.69, 9.17) is 4.74 Å². The molecule has 1 aromatic carbocycles. The molecule has 1 rings (SSSR count). The standard InChI is InChI=1S/C15H23NO/c1-13(2)12-14-6-8-15(9-7-14)17-11-5-10-16(3)4/h6-9,12H,5,10-11H2,1-4H3. The fraction of sp³-hybridized carbons (Fsp3) is 0.467. The minimum Gasteiger partial charge on any atom is -0.494 e. The molecule has 2 heteroatoms. The summed E-state index contributed by atoms with van der Waals surface area (Å²) in [6.07, 6.45) is 3.22. The van der Waals surface area contributed by atoms with Crippen LogP contribution in [0.2, 0.25) is 0 Å². The van der Waals surface area contributed by atoms with Crippen molar-refractivity contribution in [2.24, 2.45) is 0 Å². The van der Waals surface area contributed by atoms with Crippen molar-refractivity contribution in [2.75, 3.05) is 27.2 Å². The van der Waals surface area contributed by atoms with E-state index in [-0.39, 0.29) is 0 Å². The van der Waals surface area contributed by atoms with E-state index in [0.717, 1.165) is 25.3 Å². The number of hydrogen-bond acceptors (Lipinski definition) is 2. The Morgan fingerprint density at radius 1 is 1.18 bits per heavy atom. The van der Waals surface area contributed by atoms with Gasteiger partial charge in [0.2, 0.25) is 0 Å². The van der Waals surface area contributed by atoms with Gasteiger partial charge in [-0.2, -0.15) is 0 Å². The molecule has 0 aliphatic heterocycles. The highest BCUT2D eigenvalue weighted by Crippen LogP contribution is 2.14. The summed E-state index contributed by atoms with van der Waals surface area (Å²) in [5, 5.41) is 0. The third kappa shape index (κ3) is 6.12. The SMILES string of the molecule is CC(C)=Cc1ccc(OCCCN(C)C)cc1. The quantitative estimate of drug-likeness (QED) is 0.698. The molecule has 1 aromatic rings. The first-order valence-corrected chi connectivity index (χ1v) is 6.10. The van der Waals surface area contributed by atoms with Gasteiger partial charge in [0.25, 0.3) is 0 Å². The molecule has 2 nitrogen and oxygen atoms in total. The predicted molar refractivity (Wildman–Crippen MR) is 74.4 cm³/mol. The monoisotopic (exact) mass is 233 g/mol. The van der Waals surface area contributed by atoms with Crippen LogP contribution in [0.3, 0.4) is 0 Å². The van der Waals surface area contributed by atoms with E-state index < -0.39 is 0 Å². The fourth-order valence-corrected chi connectivity index (χ4v) is 1.56. The van der Waals surface area contributed by atoms with Crippen molar-refractivity contribution in [1.29, 1.82) is 0 Å². The van der Waals surface area contributed by atoms with Crippen LogP contribution in [0.4, 0.5) is 0 Å². The van der Waals surface area contributed by atoms with Gasteiger partial charge in [-0.3, -0.25) is 0 Å². The topological polar surface area (TPSA) is 12.5 Å². The van der Waals surface area contributed by atoms with Crippen LogP contribution in [0.15, 0.2) is 29.8 Å². The van der Waals surface area contributed by atoms with Crippen molar-refractivity contribution >= 4 is 6.08 Å². The number of benzene rings is 1. The Balaban J connectivity index is 2.38. The molecular formula is C15H23NO. The molecule has 0 unspecified atom stereocenters. The Morgan fingerprint density at radius 2 is 1.82 bits per heavy atom. The molecule has 0 aromatic heterocycles. The predicted octanol–water partition coefficient (Wildman–Crippen LogP) is 3.44. The fourth-order valence-electron chi connectivity index (χ4n) is 1.56. The minimum atomic E-state index is 0.778. The van der Waals surface area contributed by atoms with E-state index in [1.54, 1.807) is 0 Å². The van der Waals surface area contributed by atoms with E-state index in [2.05, 4.69) is 51.1 Å². The van der Waals surface area contributed by atoms with Gasteiger partial charge < -0.3 is 9.64 Å². The lowest BCUT2D eigenvalue weighted by Gasteiger charge is -2.10. The molecule has 0 spiro atoms. The third-order valence-corrected chi connectivity index (χ3v) is 2.35. The normalized spacial score (nSPS) is 10.4. The van der Waals surface area contributed by atoms with Gasteiger partial charge in [-0.05, 0) is 52.1 Å². The van der Waals surface area contributed by atoms with Crippen LogP contribution < -0.4 is 4.74 Å². The Hall–Kier alpha value is -1.28. The zero-order valence-electron chi connectivity index (χ0n) is 11.4. The molecular weight excluding hydrogens is 210 g/mol.